The molecule has 4 aromatic rings. The van der Waals surface area contributed by atoms with Crippen LogP contribution in [0.2, 0.25) is 0 Å². The van der Waals surface area contributed by atoms with Crippen molar-refractivity contribution in [2.45, 2.75) is 6.92 Å². The first-order valence-electron chi connectivity index (χ1n) is 9.23. The van der Waals surface area contributed by atoms with Crippen molar-refractivity contribution in [1.29, 1.82) is 0 Å². The van der Waals surface area contributed by atoms with Crippen LogP contribution in [0, 0.1) is 10.7 Å². The van der Waals surface area contributed by atoms with Gasteiger partial charge in [0.05, 0.1) is 24.6 Å². The smallest absolute Gasteiger partial charge is 0.177 e. The molecule has 1 aliphatic rings. The third-order valence-electron chi connectivity index (χ3n) is 4.91. The molecule has 3 aromatic heterocycles. The van der Waals surface area contributed by atoms with Crippen LogP contribution in [0.1, 0.15) is 5.56 Å². The molecule has 142 valence electrons. The first kappa shape index (κ1) is 17.7. The van der Waals surface area contributed by atoms with Gasteiger partial charge in [-0.2, -0.15) is 5.10 Å². The van der Waals surface area contributed by atoms with E-state index < -0.39 is 0 Å². The number of ether oxygens (including phenoxy) is 1. The lowest BCUT2D eigenvalue weighted by Gasteiger charge is -2.28. The highest BCUT2D eigenvalue weighted by Gasteiger charge is 2.20. The van der Waals surface area contributed by atoms with Crippen molar-refractivity contribution < 1.29 is 9.15 Å². The van der Waals surface area contributed by atoms with E-state index in [0.717, 1.165) is 63.9 Å². The number of anilines is 1. The summed E-state index contributed by atoms with van der Waals surface area (Å²) >= 11 is 2.19. The van der Waals surface area contributed by atoms with Gasteiger partial charge >= 0.3 is 0 Å². The molecule has 6 nitrogen and oxygen atoms in total. The van der Waals surface area contributed by atoms with Gasteiger partial charge in [-0.05, 0) is 41.6 Å². The Bertz CT molecular complexity index is 1140. The van der Waals surface area contributed by atoms with Gasteiger partial charge in [-0.15, -0.1) is 0 Å². The second-order valence-corrected chi connectivity index (χ2v) is 7.94. The van der Waals surface area contributed by atoms with Crippen LogP contribution in [0.15, 0.2) is 53.1 Å². The number of benzene rings is 1. The summed E-state index contributed by atoms with van der Waals surface area (Å²) in [4.78, 5) is 7.08. The van der Waals surface area contributed by atoms with E-state index in [4.69, 9.17) is 19.2 Å². The molecule has 1 saturated heterocycles. The average molecular weight is 486 g/mol. The van der Waals surface area contributed by atoms with Gasteiger partial charge in [-0.1, -0.05) is 23.8 Å². The largest absolute Gasteiger partial charge is 0.446 e. The maximum absolute atomic E-state index is 5.94. The van der Waals surface area contributed by atoms with Crippen molar-refractivity contribution in [3.63, 3.8) is 0 Å². The summed E-state index contributed by atoms with van der Waals surface area (Å²) in [7, 11) is 0. The third kappa shape index (κ3) is 3.29. The SMILES string of the molecule is Cc1cccc(-c2ccn(-c3cc(N4CCOCC4)c4oc(I)cc4n3)n2)c1. The fourth-order valence-corrected chi connectivity index (χ4v) is 4.04. The van der Waals surface area contributed by atoms with Crippen LogP contribution in [-0.4, -0.2) is 41.1 Å². The number of furan rings is 1. The molecule has 0 aliphatic carbocycles. The molecule has 28 heavy (non-hydrogen) atoms. The molecular weight excluding hydrogens is 467 g/mol. The lowest BCUT2D eigenvalue weighted by atomic mass is 10.1. The Morgan fingerprint density at radius 3 is 2.75 bits per heavy atom. The number of nitrogens with zero attached hydrogens (tertiary/aromatic N) is 4. The van der Waals surface area contributed by atoms with Crippen molar-refractivity contribution >= 4 is 39.4 Å². The third-order valence-corrected chi connectivity index (χ3v) is 5.44. The normalized spacial score (nSPS) is 14.7. The lowest BCUT2D eigenvalue weighted by molar-refractivity contribution is 0.122. The quantitative estimate of drug-likeness (QED) is 0.401. The Labute approximate surface area is 176 Å². The van der Waals surface area contributed by atoms with E-state index in [1.165, 1.54) is 5.56 Å². The van der Waals surface area contributed by atoms with Crippen LogP contribution >= 0.6 is 22.6 Å². The number of hydrogen-bond donors (Lipinski definition) is 0. The van der Waals surface area contributed by atoms with Gasteiger partial charge in [0.2, 0.25) is 0 Å². The lowest BCUT2D eigenvalue weighted by Crippen LogP contribution is -2.36. The Balaban J connectivity index is 1.59. The van der Waals surface area contributed by atoms with E-state index in [9.17, 15) is 0 Å². The molecule has 4 heterocycles. The summed E-state index contributed by atoms with van der Waals surface area (Å²) in [5, 5.41) is 4.77. The van der Waals surface area contributed by atoms with Gasteiger partial charge in [0, 0.05) is 37.0 Å². The van der Waals surface area contributed by atoms with Crippen molar-refractivity contribution in [3.05, 3.63) is 58.0 Å². The molecule has 0 N–H and O–H groups in total. The maximum atomic E-state index is 5.94. The van der Waals surface area contributed by atoms with Crippen LogP contribution in [-0.2, 0) is 4.74 Å². The summed E-state index contributed by atoms with van der Waals surface area (Å²) in [6.07, 6.45) is 1.96. The number of pyridine rings is 1. The Kier molecular flexibility index (Phi) is 4.56. The van der Waals surface area contributed by atoms with Gasteiger partial charge in [-0.25, -0.2) is 9.67 Å². The molecule has 0 bridgehead atoms. The highest BCUT2D eigenvalue weighted by atomic mass is 127. The minimum absolute atomic E-state index is 0.718. The van der Waals surface area contributed by atoms with Crippen molar-refractivity contribution in [1.82, 2.24) is 14.8 Å². The molecule has 5 rings (SSSR count). The zero-order valence-electron chi connectivity index (χ0n) is 15.4. The fraction of sp³-hybridized carbons (Fsp3) is 0.238. The van der Waals surface area contributed by atoms with Crippen molar-refractivity contribution in [2.75, 3.05) is 31.2 Å². The van der Waals surface area contributed by atoms with E-state index in [2.05, 4.69) is 64.7 Å². The predicted octanol–water partition coefficient (Wildman–Crippen LogP) is 4.43. The predicted molar refractivity (Wildman–Crippen MR) is 117 cm³/mol. The minimum Gasteiger partial charge on any atom is -0.446 e. The number of aryl methyl sites for hydroxylation is 1. The molecular formula is C21H19IN4O2. The first-order valence-corrected chi connectivity index (χ1v) is 10.3. The zero-order valence-corrected chi connectivity index (χ0v) is 17.6. The van der Waals surface area contributed by atoms with E-state index in [1.807, 2.05) is 23.0 Å². The molecule has 0 unspecified atom stereocenters. The first-order chi connectivity index (χ1) is 13.7. The van der Waals surface area contributed by atoms with Gasteiger partial charge in [-0.3, -0.25) is 0 Å². The van der Waals surface area contributed by atoms with Crippen molar-refractivity contribution in [2.24, 2.45) is 0 Å². The summed E-state index contributed by atoms with van der Waals surface area (Å²) in [6, 6.07) is 14.4. The van der Waals surface area contributed by atoms with E-state index in [1.54, 1.807) is 0 Å². The summed E-state index contributed by atoms with van der Waals surface area (Å²) < 4.78 is 14.1. The molecule has 0 amide bonds. The molecule has 0 atom stereocenters. The molecule has 1 fully saturated rings. The van der Waals surface area contributed by atoms with Gasteiger partial charge in [0.1, 0.15) is 5.52 Å². The Hall–Kier alpha value is -2.39. The molecule has 0 radical (unpaired) electrons. The Morgan fingerprint density at radius 2 is 1.93 bits per heavy atom. The molecule has 0 spiro atoms. The number of morpholine rings is 1. The van der Waals surface area contributed by atoms with E-state index in [-0.39, 0.29) is 0 Å². The number of rotatable bonds is 3. The highest BCUT2D eigenvalue weighted by Crippen LogP contribution is 2.32. The number of fused-ring (bicyclic) bond motifs is 1. The topological polar surface area (TPSA) is 56.3 Å². The molecule has 1 aromatic carbocycles. The van der Waals surface area contributed by atoms with Crippen LogP contribution < -0.4 is 4.90 Å². The zero-order chi connectivity index (χ0) is 19.1. The number of aromatic nitrogens is 3. The monoisotopic (exact) mass is 486 g/mol. The summed E-state index contributed by atoms with van der Waals surface area (Å²) in [5.74, 6) is 0.782. The van der Waals surface area contributed by atoms with Crippen LogP contribution in [0.25, 0.3) is 28.2 Å². The van der Waals surface area contributed by atoms with Crippen molar-refractivity contribution in [3.8, 4) is 17.1 Å². The Morgan fingerprint density at radius 1 is 1.07 bits per heavy atom. The highest BCUT2D eigenvalue weighted by molar-refractivity contribution is 14.1. The standard InChI is InChI=1S/C21H19IN4O2/c1-14-3-2-4-15(11-14)16-5-6-26(24-16)20-13-18(25-7-9-27-10-8-25)21-17(23-20)12-19(22)28-21/h2-6,11-13H,7-10H2,1H3. The molecule has 0 saturated carbocycles. The number of halogens is 1. The van der Waals surface area contributed by atoms with E-state index in [0.29, 0.717) is 0 Å². The van der Waals surface area contributed by atoms with E-state index >= 15 is 0 Å². The van der Waals surface area contributed by atoms with Gasteiger partial charge < -0.3 is 14.1 Å². The molecule has 7 heteroatoms. The van der Waals surface area contributed by atoms with Gasteiger partial charge in [0.25, 0.3) is 0 Å². The fourth-order valence-electron chi connectivity index (χ4n) is 3.53. The van der Waals surface area contributed by atoms with Gasteiger partial charge in [0.15, 0.2) is 15.2 Å². The molecule has 1 aliphatic heterocycles. The van der Waals surface area contributed by atoms with Crippen LogP contribution in [0.3, 0.4) is 0 Å². The average Bonchev–Trinajstić information content (AvgIpc) is 3.34. The summed E-state index contributed by atoms with van der Waals surface area (Å²) in [6.45, 7) is 5.20. The van der Waals surface area contributed by atoms with Crippen LogP contribution in [0.5, 0.6) is 0 Å². The number of hydrogen-bond acceptors (Lipinski definition) is 5. The maximum Gasteiger partial charge on any atom is 0.177 e. The minimum atomic E-state index is 0.718. The van der Waals surface area contributed by atoms with Crippen LogP contribution in [0.4, 0.5) is 5.69 Å². The summed E-state index contributed by atoms with van der Waals surface area (Å²) in [5.41, 5.74) is 5.96. The second-order valence-electron chi connectivity index (χ2n) is 6.88. The second kappa shape index (κ2) is 7.21.